The van der Waals surface area contributed by atoms with E-state index >= 15 is 0 Å². The number of hydrogen-bond acceptors (Lipinski definition) is 22. The summed E-state index contributed by atoms with van der Waals surface area (Å²) in [4.78, 5) is 135. The number of nitrogens with one attached hydrogen (secondary N) is 5. The van der Waals surface area contributed by atoms with Crippen LogP contribution in [0, 0.1) is 46.8 Å². The number of anilines is 1. The number of aliphatic hydroxyl groups excluding tert-OH is 1. The Bertz CT molecular complexity index is 4250. The lowest BCUT2D eigenvalue weighted by molar-refractivity contribution is -0.148. The summed E-state index contributed by atoms with van der Waals surface area (Å²) in [5.74, 6) is -6.39. The topological polar surface area (TPSA) is 438 Å². The largest absolute Gasteiger partial charge is 0.508 e. The summed E-state index contributed by atoms with van der Waals surface area (Å²) in [6.07, 6.45) is 13.6. The smallest absolute Gasteiger partial charge is 0.312 e. The maximum absolute atomic E-state index is 14.6. The van der Waals surface area contributed by atoms with E-state index in [0.717, 1.165) is 111 Å². The lowest BCUT2D eigenvalue weighted by atomic mass is 9.49. The summed E-state index contributed by atoms with van der Waals surface area (Å²) in [6.45, 7) is 14.5. The van der Waals surface area contributed by atoms with Crippen molar-refractivity contribution in [1.29, 1.82) is 0 Å². The molecule has 2 unspecified atom stereocenters. The lowest BCUT2D eigenvalue weighted by Gasteiger charge is -2.54. The number of phenols is 1. The SMILES string of the molecule is CC(C)[C@H](NC(=O)[C@H](C)CCCCNC(=O)COC1CCCCCc2c1nnn2CCOCCOCCOCCOCCC(=O)CCCS(=O)(=O)O)C(=O)C[C@@H](CCCNC(N)=O)C(=O)Nc1ccc(COC(=O)C[C@@H](CO)C(=O)Cc2ccc3c(c2)[C@@]2(C)CCCC(C(=O)NC(=O)[C@@]4(C)CCC[C@]5(C)c6cc(O)ccc6CC[C@@H]45)[C@@H]2CC3)cc1. The van der Waals surface area contributed by atoms with Crippen molar-refractivity contribution in [3.8, 4) is 5.75 Å². The number of primary amides is 1. The summed E-state index contributed by atoms with van der Waals surface area (Å²) in [5.41, 5.74) is 11.7. The van der Waals surface area contributed by atoms with Gasteiger partial charge in [-0.1, -0.05) is 115 Å². The number of Topliss-reactive ketones (excluding diaryl/α,β-unsaturated/α-hetero) is 3. The Kier molecular flexibility index (Phi) is 36.7. The zero-order valence-corrected chi connectivity index (χ0v) is 71.8. The number of amides is 7. The molecule has 11 atom stereocenters. The van der Waals surface area contributed by atoms with Crippen LogP contribution in [-0.2, 0) is 131 Å². The highest BCUT2D eigenvalue weighted by molar-refractivity contribution is 7.85. The van der Waals surface area contributed by atoms with Crippen molar-refractivity contribution in [1.82, 2.24) is 36.3 Å². The third kappa shape index (κ3) is 27.5. The van der Waals surface area contributed by atoms with Gasteiger partial charge >= 0.3 is 12.0 Å². The number of esters is 1. The van der Waals surface area contributed by atoms with E-state index < -0.39 is 81.1 Å². The minimum Gasteiger partial charge on any atom is -0.508 e. The first-order valence-corrected chi connectivity index (χ1v) is 44.9. The number of aryl methyl sites for hydroxylation is 2. The highest BCUT2D eigenvalue weighted by Crippen LogP contribution is 2.58. The zero-order valence-electron chi connectivity index (χ0n) is 71.0. The molecule has 2 fully saturated rings. The van der Waals surface area contributed by atoms with Crippen LogP contribution in [0.2, 0.25) is 0 Å². The molecule has 0 spiro atoms. The fourth-order valence-electron chi connectivity index (χ4n) is 18.7. The van der Waals surface area contributed by atoms with Gasteiger partial charge in [-0.15, -0.1) is 5.10 Å². The number of aromatic hydroxyl groups is 1. The molecule has 1 heterocycles. The first-order chi connectivity index (χ1) is 57.4. The number of carbonyl (C=O) groups is 10. The second-order valence-corrected chi connectivity index (χ2v) is 36.1. The predicted molar refractivity (Wildman–Crippen MR) is 446 cm³/mol. The van der Waals surface area contributed by atoms with E-state index in [9.17, 15) is 66.6 Å². The lowest BCUT2D eigenvalue weighted by Crippen LogP contribution is -2.57. The average Bonchev–Trinajstić information content (AvgIpc) is 0.794. The zero-order chi connectivity index (χ0) is 86.6. The third-order valence-electron chi connectivity index (χ3n) is 25.5. The highest BCUT2D eigenvalue weighted by atomic mass is 32.2. The van der Waals surface area contributed by atoms with Crippen molar-refractivity contribution in [2.24, 2.45) is 52.6 Å². The summed E-state index contributed by atoms with van der Waals surface area (Å²) in [6, 6.07) is 16.5. The number of nitrogens with zero attached hydrogens (tertiary/aromatic N) is 3. The van der Waals surface area contributed by atoms with Gasteiger partial charge in [-0.2, -0.15) is 8.42 Å². The highest BCUT2D eigenvalue weighted by Gasteiger charge is 2.56. The first kappa shape index (κ1) is 95.4. The minimum absolute atomic E-state index is 0.000517. The fraction of sp³-hybridized carbons (Fsp3) is 0.663. The van der Waals surface area contributed by atoms with Gasteiger partial charge in [0.05, 0.1) is 101 Å². The number of urea groups is 1. The van der Waals surface area contributed by atoms with Crippen LogP contribution in [0.3, 0.4) is 0 Å². The molecule has 10 N–H and O–H groups in total. The molecular weight excluding hydrogens is 1560 g/mol. The van der Waals surface area contributed by atoms with Crippen LogP contribution in [0.1, 0.15) is 234 Å². The van der Waals surface area contributed by atoms with Crippen molar-refractivity contribution < 1.29 is 99.6 Å². The normalized spacial score (nSPS) is 21.7. The molecule has 5 aliphatic rings. The number of hydrogen-bond donors (Lipinski definition) is 9. The van der Waals surface area contributed by atoms with Crippen molar-refractivity contribution >= 4 is 74.7 Å². The molecule has 2 saturated carbocycles. The molecule has 0 bridgehead atoms. The van der Waals surface area contributed by atoms with E-state index in [2.05, 4.69) is 56.8 Å². The monoisotopic (exact) mass is 1690 g/mol. The Morgan fingerprint density at radius 2 is 1.33 bits per heavy atom. The molecule has 1 aromatic heterocycles. The van der Waals surface area contributed by atoms with Gasteiger partial charge in [0.2, 0.25) is 29.5 Å². The third-order valence-corrected chi connectivity index (χ3v) is 26.3. The Morgan fingerprint density at radius 1 is 0.658 bits per heavy atom. The van der Waals surface area contributed by atoms with Crippen molar-refractivity contribution in [2.75, 3.05) is 90.2 Å². The second-order valence-electron chi connectivity index (χ2n) is 34.5. The molecule has 120 heavy (non-hydrogen) atoms. The molecular formula is C89H129N9O21S. The molecule has 9 rings (SSSR count). The number of aliphatic hydroxyl groups is 1. The van der Waals surface area contributed by atoms with Crippen molar-refractivity contribution in [3.63, 3.8) is 0 Å². The van der Waals surface area contributed by atoms with Crippen LogP contribution >= 0.6 is 0 Å². The van der Waals surface area contributed by atoms with E-state index in [4.69, 9.17) is 38.7 Å². The number of unbranched alkanes of at least 4 members (excludes halogenated alkanes) is 1. The number of fused-ring (bicyclic) bond motifs is 7. The van der Waals surface area contributed by atoms with Crippen LogP contribution < -0.4 is 32.3 Å². The number of aromatic nitrogens is 3. The number of benzene rings is 3. The van der Waals surface area contributed by atoms with Crippen molar-refractivity contribution in [2.45, 2.75) is 245 Å². The summed E-state index contributed by atoms with van der Waals surface area (Å²) in [7, 11) is -4.08. The van der Waals surface area contributed by atoms with Gasteiger partial charge in [-0.25, -0.2) is 9.48 Å². The molecule has 31 heteroatoms. The molecule has 30 nitrogen and oxygen atoms in total. The maximum Gasteiger partial charge on any atom is 0.312 e. The first-order valence-electron chi connectivity index (χ1n) is 43.3. The number of ketones is 3. The standard InChI is InChI=1S/C89H129N9O21S/c1-58(2)80(94-82(106)59(3)16-10-11-38-91-78(104)57-118-76-21-9-7-8-20-73-81(76)96-97-98(73)40-42-115-44-46-117-48-47-116-45-43-114-41-34-67(100)18-14-49-120(111,112)113)75(103)52-64(17-13-39-92-86(90)110)83(107)93-66-29-23-60(24-30-66)56-119-79(105)53-65(55-99)74(102)51-61-22-25-62-27-32-70-69(19-12-35-87(70,4)71(62)50-61)84(108)95-85(109)89(6)37-15-36-88(5)72-54-68(101)31-26-63(72)28-33-77(88)89/h22-26,29-31,50,54,58-59,64-65,69-70,76-77,80,99,101H,7-21,27-28,32-49,51-53,55-57H2,1-6H3,(H,91,104)(H,93,107)(H,94,106)(H3,90,92,110)(H,95,108,109)(H,111,112,113)/t59-,64-,65+,69?,70+,76?,77-,80+,87+,88-,89+/m1/s1. The number of phenolic OH excluding ortho intramolecular Hbond substituents is 1. The van der Waals surface area contributed by atoms with Gasteiger partial charge in [-0.05, 0) is 189 Å². The number of carbonyl (C=O) groups excluding carboxylic acids is 10. The van der Waals surface area contributed by atoms with E-state index in [0.29, 0.717) is 116 Å². The number of rotatable bonds is 49. The molecule has 0 saturated heterocycles. The predicted octanol–water partition coefficient (Wildman–Crippen LogP) is 9.40. The van der Waals surface area contributed by atoms with Gasteiger partial charge in [0.25, 0.3) is 10.1 Å². The van der Waals surface area contributed by atoms with Crippen molar-refractivity contribution in [3.05, 3.63) is 105 Å². The number of nitrogens with two attached hydrogens (primary N) is 1. The molecule has 7 amide bonds. The summed E-state index contributed by atoms with van der Waals surface area (Å²) < 4.78 is 66.2. The van der Waals surface area contributed by atoms with Crippen LogP contribution in [0.25, 0.3) is 0 Å². The summed E-state index contributed by atoms with van der Waals surface area (Å²) in [5, 5.41) is 44.1. The molecule has 662 valence electrons. The molecule has 0 aliphatic heterocycles. The van der Waals surface area contributed by atoms with E-state index in [1.54, 1.807) is 37.3 Å². The van der Waals surface area contributed by atoms with E-state index in [1.165, 1.54) is 5.56 Å². The summed E-state index contributed by atoms with van der Waals surface area (Å²) >= 11 is 0. The van der Waals surface area contributed by atoms with Crippen LogP contribution in [-0.4, -0.2) is 188 Å². The molecule has 3 aromatic carbocycles. The Labute approximate surface area is 705 Å². The van der Waals surface area contributed by atoms with Crippen LogP contribution in [0.4, 0.5) is 10.5 Å². The van der Waals surface area contributed by atoms with Gasteiger partial charge in [0, 0.05) is 62.2 Å². The number of imide groups is 1. The average molecular weight is 1690 g/mol. The van der Waals surface area contributed by atoms with E-state index in [-0.39, 0.29) is 147 Å². The minimum atomic E-state index is -4.08. The quantitative estimate of drug-likeness (QED) is 0.00859. The van der Waals surface area contributed by atoms with Gasteiger partial charge in [0.1, 0.15) is 42.3 Å². The molecule has 5 aliphatic carbocycles. The van der Waals surface area contributed by atoms with Gasteiger partial charge < -0.3 is 65.6 Å². The second kappa shape index (κ2) is 46.2. The molecule has 4 aromatic rings. The number of ether oxygens (including phenoxy) is 6. The van der Waals surface area contributed by atoms with Gasteiger partial charge in [0.15, 0.2) is 5.78 Å². The Hall–Kier alpha value is -8.43. The Morgan fingerprint density at radius 3 is 2.04 bits per heavy atom. The van der Waals surface area contributed by atoms with E-state index in [1.807, 2.05) is 49.7 Å². The Balaban J connectivity index is 0.659. The maximum atomic E-state index is 14.6. The van der Waals surface area contributed by atoms with Gasteiger partial charge in [-0.3, -0.25) is 53.0 Å². The van der Waals surface area contributed by atoms with Crippen LogP contribution in [0.5, 0.6) is 5.75 Å². The fourth-order valence-corrected chi connectivity index (χ4v) is 19.2. The molecule has 0 radical (unpaired) electrons. The van der Waals surface area contributed by atoms with Crippen LogP contribution in [0.15, 0.2) is 60.7 Å².